The summed E-state index contributed by atoms with van der Waals surface area (Å²) in [6, 6.07) is 2.08. The SMILES string of the molecule is CCONCc1ccsc1. The first-order valence-corrected chi connectivity index (χ1v) is 4.23. The third-order valence-electron chi connectivity index (χ3n) is 1.10. The fraction of sp³-hybridized carbons (Fsp3) is 0.429. The van der Waals surface area contributed by atoms with E-state index in [1.807, 2.05) is 6.92 Å². The molecule has 56 valence electrons. The lowest BCUT2D eigenvalue weighted by molar-refractivity contribution is 0.0464. The van der Waals surface area contributed by atoms with Gasteiger partial charge in [-0.2, -0.15) is 16.8 Å². The van der Waals surface area contributed by atoms with Crippen molar-refractivity contribution in [2.45, 2.75) is 13.5 Å². The van der Waals surface area contributed by atoms with Crippen LogP contribution in [0.25, 0.3) is 0 Å². The highest BCUT2D eigenvalue weighted by Gasteiger charge is 1.89. The standard InChI is InChI=1S/C7H11NOS/c1-2-9-8-5-7-3-4-10-6-7/h3-4,6,8H,2,5H2,1H3. The zero-order chi connectivity index (χ0) is 7.23. The average Bonchev–Trinajstić information content (AvgIpc) is 2.41. The first-order valence-electron chi connectivity index (χ1n) is 3.29. The predicted octanol–water partition coefficient (Wildman–Crippen LogP) is 1.79. The quantitative estimate of drug-likeness (QED) is 0.531. The molecule has 1 aromatic rings. The molecule has 0 amide bonds. The first kappa shape index (κ1) is 7.72. The molecule has 2 nitrogen and oxygen atoms in total. The van der Waals surface area contributed by atoms with Crippen LogP contribution in [-0.2, 0) is 11.4 Å². The molecule has 0 unspecified atom stereocenters. The van der Waals surface area contributed by atoms with E-state index in [0.29, 0.717) is 6.61 Å². The summed E-state index contributed by atoms with van der Waals surface area (Å²) in [4.78, 5) is 4.96. The van der Waals surface area contributed by atoms with Crippen molar-refractivity contribution in [1.82, 2.24) is 5.48 Å². The lowest BCUT2D eigenvalue weighted by Gasteiger charge is -1.99. The Morgan fingerprint density at radius 3 is 3.20 bits per heavy atom. The van der Waals surface area contributed by atoms with Crippen molar-refractivity contribution in [3.8, 4) is 0 Å². The number of hydrogen-bond acceptors (Lipinski definition) is 3. The Morgan fingerprint density at radius 1 is 1.70 bits per heavy atom. The molecule has 3 heteroatoms. The van der Waals surface area contributed by atoms with Crippen LogP contribution < -0.4 is 5.48 Å². The minimum absolute atomic E-state index is 0.712. The minimum atomic E-state index is 0.712. The van der Waals surface area contributed by atoms with E-state index in [2.05, 4.69) is 22.3 Å². The Labute approximate surface area is 64.8 Å². The Morgan fingerprint density at radius 2 is 2.60 bits per heavy atom. The average molecular weight is 157 g/mol. The highest BCUT2D eigenvalue weighted by molar-refractivity contribution is 7.07. The van der Waals surface area contributed by atoms with Crippen LogP contribution in [0.4, 0.5) is 0 Å². The second-order valence-corrected chi connectivity index (χ2v) is 2.67. The van der Waals surface area contributed by atoms with E-state index in [1.165, 1.54) is 5.56 Å². The van der Waals surface area contributed by atoms with Gasteiger partial charge in [0.25, 0.3) is 0 Å². The van der Waals surface area contributed by atoms with Crippen molar-refractivity contribution in [2.24, 2.45) is 0 Å². The predicted molar refractivity (Wildman–Crippen MR) is 42.8 cm³/mol. The Bertz CT molecular complexity index is 162. The van der Waals surface area contributed by atoms with E-state index in [0.717, 1.165) is 6.54 Å². The van der Waals surface area contributed by atoms with Crippen LogP contribution in [0.5, 0.6) is 0 Å². The molecule has 1 N–H and O–H groups in total. The monoisotopic (exact) mass is 157 g/mol. The van der Waals surface area contributed by atoms with Crippen LogP contribution in [-0.4, -0.2) is 6.61 Å². The molecular formula is C7H11NOS. The summed E-state index contributed by atoms with van der Waals surface area (Å²) in [5.41, 5.74) is 4.12. The van der Waals surface area contributed by atoms with Gasteiger partial charge in [0.1, 0.15) is 0 Å². The summed E-state index contributed by atoms with van der Waals surface area (Å²) in [7, 11) is 0. The lowest BCUT2D eigenvalue weighted by Crippen LogP contribution is -2.12. The van der Waals surface area contributed by atoms with E-state index < -0.39 is 0 Å². The van der Waals surface area contributed by atoms with Crippen LogP contribution in [0.1, 0.15) is 12.5 Å². The summed E-state index contributed by atoms with van der Waals surface area (Å²) < 4.78 is 0. The van der Waals surface area contributed by atoms with Crippen molar-refractivity contribution in [3.63, 3.8) is 0 Å². The molecular weight excluding hydrogens is 146 g/mol. The van der Waals surface area contributed by atoms with E-state index in [9.17, 15) is 0 Å². The molecule has 0 saturated heterocycles. The number of rotatable bonds is 4. The Hall–Kier alpha value is -0.380. The van der Waals surface area contributed by atoms with E-state index >= 15 is 0 Å². The fourth-order valence-electron chi connectivity index (χ4n) is 0.630. The van der Waals surface area contributed by atoms with Crippen molar-refractivity contribution < 1.29 is 4.84 Å². The number of hydroxylamine groups is 1. The van der Waals surface area contributed by atoms with Gasteiger partial charge >= 0.3 is 0 Å². The summed E-state index contributed by atoms with van der Waals surface area (Å²) in [5, 5.41) is 4.16. The summed E-state index contributed by atoms with van der Waals surface area (Å²) in [6.45, 7) is 3.47. The second-order valence-electron chi connectivity index (χ2n) is 1.89. The van der Waals surface area contributed by atoms with Gasteiger partial charge in [-0.3, -0.25) is 0 Å². The Kier molecular flexibility index (Phi) is 3.43. The van der Waals surface area contributed by atoms with E-state index in [1.54, 1.807) is 11.3 Å². The molecule has 0 aromatic carbocycles. The molecule has 0 aliphatic rings. The molecule has 1 heterocycles. The van der Waals surface area contributed by atoms with Crippen molar-refractivity contribution >= 4 is 11.3 Å². The fourth-order valence-corrected chi connectivity index (χ4v) is 1.30. The van der Waals surface area contributed by atoms with Gasteiger partial charge in [-0.25, -0.2) is 0 Å². The molecule has 10 heavy (non-hydrogen) atoms. The van der Waals surface area contributed by atoms with Crippen molar-refractivity contribution in [1.29, 1.82) is 0 Å². The van der Waals surface area contributed by atoms with Crippen LogP contribution in [0.15, 0.2) is 16.8 Å². The van der Waals surface area contributed by atoms with Crippen LogP contribution in [0, 0.1) is 0 Å². The van der Waals surface area contributed by atoms with E-state index in [-0.39, 0.29) is 0 Å². The van der Waals surface area contributed by atoms with Gasteiger partial charge in [-0.1, -0.05) is 0 Å². The third kappa shape index (κ3) is 2.47. The lowest BCUT2D eigenvalue weighted by atomic mass is 10.4. The molecule has 0 atom stereocenters. The minimum Gasteiger partial charge on any atom is -0.302 e. The van der Waals surface area contributed by atoms with Gasteiger partial charge < -0.3 is 4.84 Å². The smallest absolute Gasteiger partial charge is 0.0654 e. The van der Waals surface area contributed by atoms with Gasteiger partial charge in [0.2, 0.25) is 0 Å². The molecule has 0 aliphatic heterocycles. The normalized spacial score (nSPS) is 10.1. The van der Waals surface area contributed by atoms with Crippen LogP contribution in [0.3, 0.4) is 0 Å². The molecule has 0 aliphatic carbocycles. The third-order valence-corrected chi connectivity index (χ3v) is 1.83. The zero-order valence-corrected chi connectivity index (χ0v) is 6.78. The van der Waals surface area contributed by atoms with Crippen molar-refractivity contribution in [2.75, 3.05) is 6.61 Å². The number of hydrogen-bond donors (Lipinski definition) is 1. The number of thiophene rings is 1. The molecule has 0 fully saturated rings. The largest absolute Gasteiger partial charge is 0.302 e. The van der Waals surface area contributed by atoms with Crippen LogP contribution >= 0.6 is 11.3 Å². The van der Waals surface area contributed by atoms with Gasteiger partial charge in [-0.05, 0) is 29.3 Å². The second kappa shape index (κ2) is 4.44. The topological polar surface area (TPSA) is 21.3 Å². The van der Waals surface area contributed by atoms with Gasteiger partial charge in [-0.15, -0.1) is 0 Å². The highest BCUT2D eigenvalue weighted by atomic mass is 32.1. The van der Waals surface area contributed by atoms with Crippen molar-refractivity contribution in [3.05, 3.63) is 22.4 Å². The number of nitrogens with one attached hydrogen (secondary N) is 1. The molecule has 0 spiro atoms. The molecule has 0 saturated carbocycles. The van der Waals surface area contributed by atoms with Gasteiger partial charge in [0.15, 0.2) is 0 Å². The maximum Gasteiger partial charge on any atom is 0.0654 e. The molecule has 0 bridgehead atoms. The molecule has 1 aromatic heterocycles. The summed E-state index contributed by atoms with van der Waals surface area (Å²) in [6.07, 6.45) is 0. The maximum absolute atomic E-state index is 4.96. The maximum atomic E-state index is 4.96. The van der Waals surface area contributed by atoms with Crippen LogP contribution in [0.2, 0.25) is 0 Å². The first-order chi connectivity index (χ1) is 4.93. The molecule has 1 rings (SSSR count). The summed E-state index contributed by atoms with van der Waals surface area (Å²) in [5.74, 6) is 0. The van der Waals surface area contributed by atoms with Gasteiger partial charge in [0, 0.05) is 6.54 Å². The van der Waals surface area contributed by atoms with Gasteiger partial charge in [0.05, 0.1) is 6.61 Å². The summed E-state index contributed by atoms with van der Waals surface area (Å²) >= 11 is 1.70. The van der Waals surface area contributed by atoms with E-state index in [4.69, 9.17) is 4.84 Å². The molecule has 0 radical (unpaired) electrons. The zero-order valence-electron chi connectivity index (χ0n) is 5.96. The highest BCUT2D eigenvalue weighted by Crippen LogP contribution is 2.04. The Balaban J connectivity index is 2.15.